The highest BCUT2D eigenvalue weighted by molar-refractivity contribution is 6.68. The smallest absolute Gasteiger partial charge is 0.139 e. The monoisotopic (exact) mass is 1030 g/mol. The van der Waals surface area contributed by atoms with E-state index in [-0.39, 0.29) is 0 Å². The van der Waals surface area contributed by atoms with Gasteiger partial charge in [0.1, 0.15) is 39.2 Å². The molecule has 12 aromatic rings. The zero-order valence-corrected chi connectivity index (χ0v) is 46.4. The molecular formula is C74H55B5N2. The van der Waals surface area contributed by atoms with E-state index in [9.17, 15) is 0 Å². The second kappa shape index (κ2) is 18.9. The van der Waals surface area contributed by atoms with Crippen molar-refractivity contribution in [3.63, 3.8) is 0 Å². The van der Waals surface area contributed by atoms with Crippen LogP contribution in [0.1, 0.15) is 44.5 Å². The molecule has 0 radical (unpaired) electrons. The summed E-state index contributed by atoms with van der Waals surface area (Å²) in [5.74, 6) is 0. The summed E-state index contributed by atoms with van der Waals surface area (Å²) in [6.07, 6.45) is 0. The molecule has 0 bridgehead atoms. The van der Waals surface area contributed by atoms with Gasteiger partial charge in [0, 0.05) is 34.1 Å². The first-order chi connectivity index (χ1) is 39.8. The van der Waals surface area contributed by atoms with E-state index in [2.05, 4.69) is 322 Å². The van der Waals surface area contributed by atoms with Crippen molar-refractivity contribution in [2.75, 3.05) is 9.80 Å². The Morgan fingerprint density at radius 3 is 1.02 bits per heavy atom. The molecule has 1 atom stereocenters. The fourth-order valence-electron chi connectivity index (χ4n) is 14.7. The van der Waals surface area contributed by atoms with Crippen molar-refractivity contribution < 1.29 is 0 Å². The van der Waals surface area contributed by atoms with E-state index in [0.29, 0.717) is 0 Å². The quantitative estimate of drug-likeness (QED) is 0.133. The van der Waals surface area contributed by atoms with Gasteiger partial charge >= 0.3 is 0 Å². The van der Waals surface area contributed by atoms with Gasteiger partial charge < -0.3 is 9.80 Å². The first-order valence-corrected chi connectivity index (χ1v) is 28.5. The summed E-state index contributed by atoms with van der Waals surface area (Å²) in [5.41, 5.74) is 32.7. The molecular weight excluding hydrogens is 971 g/mol. The minimum Gasteiger partial charge on any atom is -0.310 e. The molecule has 0 aromatic heterocycles. The predicted octanol–water partition coefficient (Wildman–Crippen LogP) is 10.3. The normalized spacial score (nSPS) is 14.6. The van der Waals surface area contributed by atoms with E-state index < -0.39 is 10.8 Å². The maximum absolute atomic E-state index is 2.54. The average molecular weight is 1030 g/mol. The lowest BCUT2D eigenvalue weighted by Gasteiger charge is -2.34. The number of benzene rings is 12. The number of hydrogen-bond acceptors (Lipinski definition) is 2. The summed E-state index contributed by atoms with van der Waals surface area (Å²) in [6.45, 7) is 0. The van der Waals surface area contributed by atoms with Gasteiger partial charge in [-0.25, -0.2) is 0 Å². The van der Waals surface area contributed by atoms with Crippen LogP contribution < -0.4 is 37.1 Å². The number of rotatable bonds is 9. The number of hydrogen-bond donors (Lipinski definition) is 0. The minimum absolute atomic E-state index is 0.510. The molecule has 0 heterocycles. The van der Waals surface area contributed by atoms with Crippen LogP contribution in [0.3, 0.4) is 0 Å². The van der Waals surface area contributed by atoms with Crippen LogP contribution >= 0.6 is 0 Å². The van der Waals surface area contributed by atoms with Crippen molar-refractivity contribution in [2.24, 2.45) is 0 Å². The van der Waals surface area contributed by atoms with Crippen LogP contribution in [0.5, 0.6) is 0 Å². The van der Waals surface area contributed by atoms with E-state index in [1.807, 2.05) is 0 Å². The molecule has 81 heavy (non-hydrogen) atoms. The topological polar surface area (TPSA) is 6.48 Å². The van der Waals surface area contributed by atoms with Crippen LogP contribution in [-0.2, 0) is 10.8 Å². The van der Waals surface area contributed by atoms with Crippen LogP contribution in [-0.4, -0.2) is 39.2 Å². The van der Waals surface area contributed by atoms with E-state index in [1.54, 1.807) is 0 Å². The second-order valence-electron chi connectivity index (χ2n) is 22.4. The van der Waals surface area contributed by atoms with Crippen molar-refractivity contribution in [2.45, 2.75) is 10.8 Å². The van der Waals surface area contributed by atoms with Gasteiger partial charge in [0.25, 0.3) is 0 Å². The lowest BCUT2D eigenvalue weighted by atomic mass is 9.60. The Morgan fingerprint density at radius 1 is 0.222 bits per heavy atom. The number of fused-ring (bicyclic) bond motifs is 13. The van der Waals surface area contributed by atoms with Gasteiger partial charge in [0.15, 0.2) is 0 Å². The third kappa shape index (κ3) is 7.07. The van der Waals surface area contributed by atoms with Crippen LogP contribution in [0, 0.1) is 0 Å². The Morgan fingerprint density at radius 2 is 0.543 bits per heavy atom. The minimum atomic E-state index is -0.615. The number of nitrogens with zero attached hydrogens (tertiary/aromatic N) is 2. The maximum atomic E-state index is 2.54. The van der Waals surface area contributed by atoms with E-state index in [0.717, 1.165) is 34.1 Å². The average Bonchev–Trinajstić information content (AvgIpc) is 3.82. The van der Waals surface area contributed by atoms with Gasteiger partial charge in [-0.1, -0.05) is 211 Å². The van der Waals surface area contributed by atoms with Crippen molar-refractivity contribution >= 4 is 101 Å². The van der Waals surface area contributed by atoms with Crippen LogP contribution in [0.4, 0.5) is 34.1 Å². The molecule has 0 saturated heterocycles. The van der Waals surface area contributed by atoms with Crippen LogP contribution in [0.25, 0.3) is 44.5 Å². The lowest BCUT2D eigenvalue weighted by molar-refractivity contribution is 0.768. The molecule has 1 spiro atoms. The molecule has 376 valence electrons. The fourth-order valence-corrected chi connectivity index (χ4v) is 14.7. The Bertz CT molecular complexity index is 4350. The van der Waals surface area contributed by atoms with Gasteiger partial charge in [-0.05, 0) is 162 Å². The molecule has 15 rings (SSSR count). The highest BCUT2D eigenvalue weighted by Crippen LogP contribution is 2.64. The van der Waals surface area contributed by atoms with Crippen LogP contribution in [0.15, 0.2) is 273 Å². The highest BCUT2D eigenvalue weighted by Gasteiger charge is 2.52. The highest BCUT2D eigenvalue weighted by atomic mass is 15.1. The zero-order valence-electron chi connectivity index (χ0n) is 46.4. The summed E-state index contributed by atoms with van der Waals surface area (Å²) in [4.78, 5) is 4.92. The molecule has 12 aromatic carbocycles. The summed E-state index contributed by atoms with van der Waals surface area (Å²) in [6, 6.07) is 102. The van der Waals surface area contributed by atoms with Gasteiger partial charge in [-0.2, -0.15) is 0 Å². The van der Waals surface area contributed by atoms with Crippen molar-refractivity contribution in [3.05, 3.63) is 317 Å². The molecule has 7 heteroatoms. The van der Waals surface area contributed by atoms with Gasteiger partial charge in [0.2, 0.25) is 0 Å². The van der Waals surface area contributed by atoms with E-state index in [4.69, 9.17) is 0 Å². The summed E-state index contributed by atoms with van der Waals surface area (Å²) >= 11 is 0. The molecule has 0 saturated carbocycles. The van der Waals surface area contributed by atoms with Crippen molar-refractivity contribution in [3.8, 4) is 44.5 Å². The summed E-state index contributed by atoms with van der Waals surface area (Å²) in [7, 11) is 11.4. The Hall–Kier alpha value is -9.44. The molecule has 0 fully saturated rings. The SMILES string of the molecule is Bc1c(B)c(B)c(-c2ccc(N(c3ccc4c(c3)-c3ccccc3C4(c3ccccc3)c3ccccc3)c3ccc4c(c3)C3(c5ccccc5-c5ccc(N(c6ccccc6)c6ccccc6)cc53)c3ccccc3-4)cc2)c(B)c1B. The lowest BCUT2D eigenvalue weighted by Crippen LogP contribution is -2.55. The Labute approximate surface area is 480 Å². The zero-order chi connectivity index (χ0) is 54.6. The number of anilines is 6. The molecule has 0 N–H and O–H groups in total. The standard InChI is InChI=1S/C74H55B5N2/c75-68-67(69(76)71(78)72(79)70(68)77)46-33-35-51(36-34-46)81(52-39-42-64-60(43-52)57-29-15-16-30-61(57)73(64,47-19-5-1-6-20-47)48-21-7-2-8-22-48)54-38-41-59-56-28-14-18-32-63(56)74(66(59)45-54)62-31-17-13-27-55(62)58-40-37-53(44-65(58)74)80(49-23-9-3-10-24-49)50-25-11-4-12-26-50/h1-45H,75-79H2. The van der Waals surface area contributed by atoms with Crippen molar-refractivity contribution in [1.82, 2.24) is 0 Å². The fraction of sp³-hybridized carbons (Fsp3) is 0.0270. The van der Waals surface area contributed by atoms with Crippen molar-refractivity contribution in [1.29, 1.82) is 0 Å². The predicted molar refractivity (Wildman–Crippen MR) is 356 cm³/mol. The molecule has 3 aliphatic rings. The summed E-state index contributed by atoms with van der Waals surface area (Å²) < 4.78 is 0. The number of para-hydroxylation sites is 2. The van der Waals surface area contributed by atoms with E-state index in [1.165, 1.54) is 116 Å². The van der Waals surface area contributed by atoms with Gasteiger partial charge in [-0.15, -0.1) is 16.4 Å². The molecule has 3 aliphatic carbocycles. The maximum Gasteiger partial charge on any atom is 0.139 e. The Kier molecular flexibility index (Phi) is 11.3. The summed E-state index contributed by atoms with van der Waals surface area (Å²) in [5, 5.41) is 0. The molecule has 2 nitrogen and oxygen atoms in total. The van der Waals surface area contributed by atoms with Crippen LogP contribution in [0.2, 0.25) is 0 Å². The third-order valence-electron chi connectivity index (χ3n) is 18.7. The van der Waals surface area contributed by atoms with Gasteiger partial charge in [-0.3, -0.25) is 0 Å². The Balaban J connectivity index is 0.975. The first-order valence-electron chi connectivity index (χ1n) is 28.5. The molecule has 0 amide bonds. The second-order valence-corrected chi connectivity index (χ2v) is 22.4. The first kappa shape index (κ1) is 48.7. The van der Waals surface area contributed by atoms with E-state index >= 15 is 0 Å². The third-order valence-corrected chi connectivity index (χ3v) is 18.7. The molecule has 0 aliphatic heterocycles. The molecule has 1 unspecified atom stereocenters. The van der Waals surface area contributed by atoms with Gasteiger partial charge in [0.05, 0.1) is 10.8 Å². The largest absolute Gasteiger partial charge is 0.310 e.